The maximum atomic E-state index is 6.07. The van der Waals surface area contributed by atoms with Crippen molar-refractivity contribution in [2.45, 2.75) is 58.3 Å². The van der Waals surface area contributed by atoms with E-state index in [1.54, 1.807) is 0 Å². The van der Waals surface area contributed by atoms with Gasteiger partial charge < -0.3 is 9.47 Å². The van der Waals surface area contributed by atoms with Crippen LogP contribution in [0.5, 0.6) is 0 Å². The molecule has 0 aromatic heterocycles. The molecule has 4 heteroatoms. The van der Waals surface area contributed by atoms with Gasteiger partial charge in [0, 0.05) is 24.5 Å². The molecule has 0 amide bonds. The van der Waals surface area contributed by atoms with E-state index >= 15 is 0 Å². The highest BCUT2D eigenvalue weighted by Gasteiger charge is 2.32. The summed E-state index contributed by atoms with van der Waals surface area (Å²) in [7, 11) is 0. The van der Waals surface area contributed by atoms with Crippen molar-refractivity contribution in [1.82, 2.24) is 4.90 Å². The van der Waals surface area contributed by atoms with Gasteiger partial charge in [-0.05, 0) is 40.5 Å². The van der Waals surface area contributed by atoms with Gasteiger partial charge in [0.25, 0.3) is 0 Å². The van der Waals surface area contributed by atoms with Crippen molar-refractivity contribution in [3.05, 3.63) is 0 Å². The largest absolute Gasteiger partial charge is 0.379 e. The fraction of sp³-hybridized carbons (Fsp3) is 1.00. The average molecular weight is 322 g/mol. The van der Waals surface area contributed by atoms with Crippen molar-refractivity contribution in [1.29, 1.82) is 0 Å². The number of rotatable bonds is 8. The highest BCUT2D eigenvalue weighted by Crippen LogP contribution is 2.29. The van der Waals surface area contributed by atoms with E-state index in [2.05, 4.69) is 48.5 Å². The molecule has 0 N–H and O–H groups in total. The SMILES string of the molecule is CC(C)N(CCOCCBr)CC1CCC(C)(C)O1. The summed E-state index contributed by atoms with van der Waals surface area (Å²) >= 11 is 3.37. The molecule has 0 spiro atoms. The zero-order valence-electron chi connectivity index (χ0n) is 12.2. The molecule has 0 aromatic carbocycles. The predicted octanol–water partition coefficient (Wildman–Crippen LogP) is 3.07. The lowest BCUT2D eigenvalue weighted by Crippen LogP contribution is -2.40. The zero-order chi connectivity index (χ0) is 13.6. The fourth-order valence-electron chi connectivity index (χ4n) is 2.37. The minimum atomic E-state index is 0.0692. The number of ether oxygens (including phenoxy) is 2. The van der Waals surface area contributed by atoms with E-state index in [1.165, 1.54) is 12.8 Å². The molecule has 0 bridgehead atoms. The molecule has 1 aliphatic rings. The lowest BCUT2D eigenvalue weighted by molar-refractivity contribution is -0.0351. The van der Waals surface area contributed by atoms with Gasteiger partial charge >= 0.3 is 0 Å². The second-order valence-corrected chi connectivity index (χ2v) is 6.72. The van der Waals surface area contributed by atoms with Crippen LogP contribution in [0.25, 0.3) is 0 Å². The van der Waals surface area contributed by atoms with Gasteiger partial charge in [0.15, 0.2) is 0 Å². The van der Waals surface area contributed by atoms with E-state index in [1.807, 2.05) is 0 Å². The van der Waals surface area contributed by atoms with Gasteiger partial charge in [-0.2, -0.15) is 0 Å². The topological polar surface area (TPSA) is 21.7 Å². The molecule has 1 fully saturated rings. The average Bonchev–Trinajstić information content (AvgIpc) is 2.62. The molecular weight excluding hydrogens is 294 g/mol. The minimum absolute atomic E-state index is 0.0692. The Kier molecular flexibility index (Phi) is 7.14. The Morgan fingerprint density at radius 2 is 2.11 bits per heavy atom. The van der Waals surface area contributed by atoms with Gasteiger partial charge in [-0.3, -0.25) is 4.90 Å². The molecular formula is C14H28BrNO2. The van der Waals surface area contributed by atoms with Crippen LogP contribution in [0.1, 0.15) is 40.5 Å². The lowest BCUT2D eigenvalue weighted by Gasteiger charge is -2.29. The Morgan fingerprint density at radius 1 is 1.39 bits per heavy atom. The van der Waals surface area contributed by atoms with E-state index in [0.717, 1.165) is 31.6 Å². The number of halogens is 1. The van der Waals surface area contributed by atoms with Gasteiger partial charge in [-0.15, -0.1) is 0 Å². The molecule has 1 saturated heterocycles. The first-order chi connectivity index (χ1) is 8.44. The summed E-state index contributed by atoms with van der Waals surface area (Å²) in [4.78, 5) is 2.46. The summed E-state index contributed by atoms with van der Waals surface area (Å²) in [5.41, 5.74) is 0.0692. The van der Waals surface area contributed by atoms with Gasteiger partial charge in [-0.25, -0.2) is 0 Å². The standard InChI is InChI=1S/C14H28BrNO2/c1-12(2)16(8-10-17-9-7-15)11-13-5-6-14(3,4)18-13/h12-13H,5-11H2,1-4H3. The molecule has 1 unspecified atom stereocenters. The van der Waals surface area contributed by atoms with Crippen LogP contribution < -0.4 is 0 Å². The first-order valence-corrected chi connectivity index (χ1v) is 8.12. The highest BCUT2D eigenvalue weighted by atomic mass is 79.9. The van der Waals surface area contributed by atoms with Crippen LogP contribution in [0.3, 0.4) is 0 Å². The molecule has 0 aliphatic carbocycles. The smallest absolute Gasteiger partial charge is 0.0710 e. The Balaban J connectivity index is 2.30. The first kappa shape index (κ1) is 16.4. The summed E-state index contributed by atoms with van der Waals surface area (Å²) in [6.07, 6.45) is 2.74. The van der Waals surface area contributed by atoms with Crippen LogP contribution in [-0.4, -0.2) is 54.3 Å². The molecule has 1 rings (SSSR count). The van der Waals surface area contributed by atoms with E-state index in [9.17, 15) is 0 Å². The normalized spacial score (nSPS) is 23.2. The monoisotopic (exact) mass is 321 g/mol. The second-order valence-electron chi connectivity index (χ2n) is 5.93. The summed E-state index contributed by atoms with van der Waals surface area (Å²) in [6, 6.07) is 0.546. The Morgan fingerprint density at radius 3 is 2.61 bits per heavy atom. The van der Waals surface area contributed by atoms with Crippen molar-refractivity contribution in [2.75, 3.05) is 31.6 Å². The quantitative estimate of drug-likeness (QED) is 0.506. The molecule has 0 saturated carbocycles. The molecule has 18 heavy (non-hydrogen) atoms. The molecule has 1 atom stereocenters. The molecule has 1 heterocycles. The van der Waals surface area contributed by atoms with Crippen LogP contribution in [0.15, 0.2) is 0 Å². The number of nitrogens with zero attached hydrogens (tertiary/aromatic N) is 1. The summed E-state index contributed by atoms with van der Waals surface area (Å²) < 4.78 is 11.6. The summed E-state index contributed by atoms with van der Waals surface area (Å²) in [6.45, 7) is 12.5. The molecule has 1 aliphatic heterocycles. The van der Waals surface area contributed by atoms with Crippen LogP contribution in [-0.2, 0) is 9.47 Å². The lowest BCUT2D eigenvalue weighted by atomic mass is 10.1. The number of alkyl halides is 1. The third-order valence-electron chi connectivity index (χ3n) is 3.47. The van der Waals surface area contributed by atoms with Crippen molar-refractivity contribution >= 4 is 15.9 Å². The fourth-order valence-corrected chi connectivity index (χ4v) is 2.60. The zero-order valence-corrected chi connectivity index (χ0v) is 13.8. The van der Waals surface area contributed by atoms with Crippen molar-refractivity contribution < 1.29 is 9.47 Å². The third-order valence-corrected chi connectivity index (χ3v) is 3.79. The molecule has 0 aromatic rings. The molecule has 3 nitrogen and oxygen atoms in total. The maximum Gasteiger partial charge on any atom is 0.0710 e. The van der Waals surface area contributed by atoms with E-state index in [0.29, 0.717) is 12.1 Å². The summed E-state index contributed by atoms with van der Waals surface area (Å²) in [5, 5.41) is 0.911. The van der Waals surface area contributed by atoms with Crippen LogP contribution in [0, 0.1) is 0 Å². The van der Waals surface area contributed by atoms with Crippen molar-refractivity contribution in [3.63, 3.8) is 0 Å². The second kappa shape index (κ2) is 7.83. The van der Waals surface area contributed by atoms with Crippen LogP contribution in [0.2, 0.25) is 0 Å². The number of hydrogen-bond acceptors (Lipinski definition) is 3. The van der Waals surface area contributed by atoms with Crippen molar-refractivity contribution in [2.24, 2.45) is 0 Å². The van der Waals surface area contributed by atoms with Crippen LogP contribution >= 0.6 is 15.9 Å². The van der Waals surface area contributed by atoms with Gasteiger partial charge in [-0.1, -0.05) is 15.9 Å². The first-order valence-electron chi connectivity index (χ1n) is 7.00. The maximum absolute atomic E-state index is 6.07. The van der Waals surface area contributed by atoms with Crippen LogP contribution in [0.4, 0.5) is 0 Å². The highest BCUT2D eigenvalue weighted by molar-refractivity contribution is 9.09. The Labute approximate surface area is 120 Å². The van der Waals surface area contributed by atoms with Gasteiger partial charge in [0.1, 0.15) is 0 Å². The van der Waals surface area contributed by atoms with Gasteiger partial charge in [0.2, 0.25) is 0 Å². The van der Waals surface area contributed by atoms with Gasteiger partial charge in [0.05, 0.1) is 24.9 Å². The Bertz CT molecular complexity index is 234. The van der Waals surface area contributed by atoms with E-state index < -0.39 is 0 Å². The minimum Gasteiger partial charge on any atom is -0.379 e. The van der Waals surface area contributed by atoms with E-state index in [-0.39, 0.29) is 5.60 Å². The third kappa shape index (κ3) is 6.00. The molecule has 0 radical (unpaired) electrons. The van der Waals surface area contributed by atoms with E-state index in [4.69, 9.17) is 9.47 Å². The molecule has 108 valence electrons. The number of hydrogen-bond donors (Lipinski definition) is 0. The Hall–Kier alpha value is 0.360. The summed E-state index contributed by atoms with van der Waals surface area (Å²) in [5.74, 6) is 0. The van der Waals surface area contributed by atoms with Crippen molar-refractivity contribution in [3.8, 4) is 0 Å². The predicted molar refractivity (Wildman–Crippen MR) is 79.5 cm³/mol.